The SMILES string of the molecule is Cc1cc(C)c(C)c(Oc2ncc(Br)cc2N)c1. The van der Waals surface area contributed by atoms with E-state index in [1.807, 2.05) is 19.9 Å². The van der Waals surface area contributed by atoms with Crippen LogP contribution < -0.4 is 10.5 Å². The van der Waals surface area contributed by atoms with Gasteiger partial charge in [-0.3, -0.25) is 0 Å². The number of hydrogen-bond donors (Lipinski definition) is 1. The van der Waals surface area contributed by atoms with Gasteiger partial charge in [-0.15, -0.1) is 0 Å². The molecule has 1 heterocycles. The van der Waals surface area contributed by atoms with Gasteiger partial charge in [-0.1, -0.05) is 6.07 Å². The fraction of sp³-hybridized carbons (Fsp3) is 0.214. The highest BCUT2D eigenvalue weighted by molar-refractivity contribution is 9.10. The Morgan fingerprint density at radius 3 is 2.56 bits per heavy atom. The molecule has 0 atom stereocenters. The first kappa shape index (κ1) is 12.9. The lowest BCUT2D eigenvalue weighted by Crippen LogP contribution is -1.97. The van der Waals surface area contributed by atoms with Gasteiger partial charge in [0, 0.05) is 10.7 Å². The average Bonchev–Trinajstić information content (AvgIpc) is 2.29. The van der Waals surface area contributed by atoms with Gasteiger partial charge in [0.05, 0.1) is 5.69 Å². The van der Waals surface area contributed by atoms with E-state index in [4.69, 9.17) is 10.5 Å². The third-order valence-electron chi connectivity index (χ3n) is 2.82. The van der Waals surface area contributed by atoms with Gasteiger partial charge in [-0.2, -0.15) is 0 Å². The molecule has 1 aromatic heterocycles. The Hall–Kier alpha value is -1.55. The molecule has 0 aliphatic rings. The molecule has 18 heavy (non-hydrogen) atoms. The minimum atomic E-state index is 0.436. The number of rotatable bonds is 2. The largest absolute Gasteiger partial charge is 0.437 e. The van der Waals surface area contributed by atoms with Crippen LogP contribution >= 0.6 is 15.9 Å². The van der Waals surface area contributed by atoms with E-state index in [2.05, 4.69) is 33.9 Å². The average molecular weight is 307 g/mol. The zero-order chi connectivity index (χ0) is 13.3. The summed E-state index contributed by atoms with van der Waals surface area (Å²) in [6.07, 6.45) is 1.67. The summed E-state index contributed by atoms with van der Waals surface area (Å²) in [6, 6.07) is 5.90. The van der Waals surface area contributed by atoms with E-state index in [1.165, 1.54) is 5.56 Å². The monoisotopic (exact) mass is 306 g/mol. The summed E-state index contributed by atoms with van der Waals surface area (Å²) >= 11 is 3.32. The third kappa shape index (κ3) is 2.64. The summed E-state index contributed by atoms with van der Waals surface area (Å²) in [5.74, 6) is 1.24. The summed E-state index contributed by atoms with van der Waals surface area (Å²) in [4.78, 5) is 4.18. The van der Waals surface area contributed by atoms with Crippen LogP contribution in [0.3, 0.4) is 0 Å². The number of benzene rings is 1. The maximum Gasteiger partial charge on any atom is 0.242 e. The Morgan fingerprint density at radius 1 is 1.17 bits per heavy atom. The minimum Gasteiger partial charge on any atom is -0.437 e. The topological polar surface area (TPSA) is 48.1 Å². The van der Waals surface area contributed by atoms with Gasteiger partial charge in [0.25, 0.3) is 0 Å². The van der Waals surface area contributed by atoms with Crippen LogP contribution in [0.15, 0.2) is 28.9 Å². The summed E-state index contributed by atoms with van der Waals surface area (Å²) in [5, 5.41) is 0. The molecule has 0 radical (unpaired) electrons. The van der Waals surface area contributed by atoms with E-state index < -0.39 is 0 Å². The molecular weight excluding hydrogens is 292 g/mol. The number of anilines is 1. The van der Waals surface area contributed by atoms with E-state index in [0.717, 1.165) is 21.3 Å². The van der Waals surface area contributed by atoms with Crippen molar-refractivity contribution < 1.29 is 4.74 Å². The molecule has 1 aromatic carbocycles. The van der Waals surface area contributed by atoms with Crippen LogP contribution in [0, 0.1) is 20.8 Å². The second kappa shape index (κ2) is 4.98. The van der Waals surface area contributed by atoms with Crippen LogP contribution in [0.4, 0.5) is 5.69 Å². The molecule has 2 rings (SSSR count). The van der Waals surface area contributed by atoms with E-state index in [9.17, 15) is 0 Å². The van der Waals surface area contributed by atoms with Gasteiger partial charge >= 0.3 is 0 Å². The first-order valence-corrected chi connectivity index (χ1v) is 6.43. The minimum absolute atomic E-state index is 0.436. The molecule has 2 N–H and O–H groups in total. The number of aromatic nitrogens is 1. The standard InChI is InChI=1S/C14H15BrN2O/c1-8-4-9(2)10(3)13(5-8)18-14-12(16)6-11(15)7-17-14/h4-7H,16H2,1-3H3. The zero-order valence-corrected chi connectivity index (χ0v) is 12.2. The predicted octanol–water partition coefficient (Wildman–Crippen LogP) is 4.14. The van der Waals surface area contributed by atoms with E-state index in [0.29, 0.717) is 11.6 Å². The van der Waals surface area contributed by atoms with E-state index in [1.54, 1.807) is 12.3 Å². The van der Waals surface area contributed by atoms with Gasteiger partial charge in [-0.05, 0) is 65.5 Å². The van der Waals surface area contributed by atoms with Crippen molar-refractivity contribution in [3.63, 3.8) is 0 Å². The summed E-state index contributed by atoms with van der Waals surface area (Å²) in [7, 11) is 0. The molecule has 94 valence electrons. The third-order valence-corrected chi connectivity index (χ3v) is 3.25. The maximum atomic E-state index is 5.88. The molecule has 3 nitrogen and oxygen atoms in total. The Balaban J connectivity index is 2.40. The van der Waals surface area contributed by atoms with Crippen molar-refractivity contribution in [2.45, 2.75) is 20.8 Å². The van der Waals surface area contributed by atoms with Crippen LogP contribution in [0.2, 0.25) is 0 Å². The molecule has 0 fully saturated rings. The van der Waals surface area contributed by atoms with Crippen LogP contribution in [0.25, 0.3) is 0 Å². The number of nitrogen functional groups attached to an aromatic ring is 1. The Kier molecular flexibility index (Phi) is 3.57. The maximum absolute atomic E-state index is 5.88. The molecule has 0 aliphatic carbocycles. The van der Waals surface area contributed by atoms with Crippen LogP contribution in [-0.4, -0.2) is 4.98 Å². The molecule has 0 saturated heterocycles. The molecule has 0 bridgehead atoms. The van der Waals surface area contributed by atoms with Gasteiger partial charge in [-0.25, -0.2) is 4.98 Å². The van der Waals surface area contributed by atoms with E-state index in [-0.39, 0.29) is 0 Å². The van der Waals surface area contributed by atoms with Crippen molar-refractivity contribution in [2.75, 3.05) is 5.73 Å². The Labute approximate surface area is 115 Å². The number of hydrogen-bond acceptors (Lipinski definition) is 3. The van der Waals surface area contributed by atoms with Gasteiger partial charge < -0.3 is 10.5 Å². The van der Waals surface area contributed by atoms with Crippen LogP contribution in [0.1, 0.15) is 16.7 Å². The number of aryl methyl sites for hydroxylation is 2. The van der Waals surface area contributed by atoms with Gasteiger partial charge in [0.15, 0.2) is 0 Å². The molecule has 0 spiro atoms. The number of ether oxygens (including phenoxy) is 1. The van der Waals surface area contributed by atoms with Crippen molar-refractivity contribution in [3.05, 3.63) is 45.6 Å². The molecular formula is C14H15BrN2O. The van der Waals surface area contributed by atoms with Crippen LogP contribution in [-0.2, 0) is 0 Å². The number of nitrogens with zero attached hydrogens (tertiary/aromatic N) is 1. The van der Waals surface area contributed by atoms with Crippen molar-refractivity contribution in [3.8, 4) is 11.6 Å². The van der Waals surface area contributed by atoms with Crippen molar-refractivity contribution in [1.29, 1.82) is 0 Å². The molecule has 0 aliphatic heterocycles. The number of pyridine rings is 1. The summed E-state index contributed by atoms with van der Waals surface area (Å²) in [5.41, 5.74) is 9.85. The lowest BCUT2D eigenvalue weighted by molar-refractivity contribution is 0.461. The van der Waals surface area contributed by atoms with Crippen molar-refractivity contribution >= 4 is 21.6 Å². The van der Waals surface area contributed by atoms with Gasteiger partial charge in [0.1, 0.15) is 5.75 Å². The van der Waals surface area contributed by atoms with Crippen molar-refractivity contribution in [1.82, 2.24) is 4.98 Å². The van der Waals surface area contributed by atoms with Gasteiger partial charge in [0.2, 0.25) is 5.88 Å². The predicted molar refractivity (Wildman–Crippen MR) is 77.1 cm³/mol. The molecule has 0 unspecified atom stereocenters. The first-order chi connectivity index (χ1) is 8.47. The second-order valence-corrected chi connectivity index (χ2v) is 5.27. The fourth-order valence-electron chi connectivity index (χ4n) is 1.74. The summed E-state index contributed by atoms with van der Waals surface area (Å²) in [6.45, 7) is 6.13. The van der Waals surface area contributed by atoms with Crippen molar-refractivity contribution in [2.24, 2.45) is 0 Å². The highest BCUT2D eigenvalue weighted by Gasteiger charge is 2.09. The zero-order valence-electron chi connectivity index (χ0n) is 10.6. The summed E-state index contributed by atoms with van der Waals surface area (Å²) < 4.78 is 6.64. The molecule has 2 aromatic rings. The highest BCUT2D eigenvalue weighted by Crippen LogP contribution is 2.31. The smallest absolute Gasteiger partial charge is 0.242 e. The lowest BCUT2D eigenvalue weighted by Gasteiger charge is -2.12. The van der Waals surface area contributed by atoms with Crippen LogP contribution in [0.5, 0.6) is 11.6 Å². The molecule has 4 heteroatoms. The Bertz CT molecular complexity index is 597. The molecule has 0 saturated carbocycles. The highest BCUT2D eigenvalue weighted by atomic mass is 79.9. The lowest BCUT2D eigenvalue weighted by atomic mass is 10.1. The fourth-order valence-corrected chi connectivity index (χ4v) is 2.09. The second-order valence-electron chi connectivity index (χ2n) is 4.35. The first-order valence-electron chi connectivity index (χ1n) is 5.64. The quantitative estimate of drug-likeness (QED) is 0.907. The molecule has 0 amide bonds. The number of nitrogens with two attached hydrogens (primary N) is 1. The van der Waals surface area contributed by atoms with E-state index >= 15 is 0 Å². The number of halogens is 1. The normalized spacial score (nSPS) is 10.4. The Morgan fingerprint density at radius 2 is 1.89 bits per heavy atom.